The van der Waals surface area contributed by atoms with Crippen LogP contribution in [0.5, 0.6) is 0 Å². The smallest absolute Gasteiger partial charge is 0.341 e. The van der Waals surface area contributed by atoms with Crippen LogP contribution in [0.1, 0.15) is 35.1 Å². The molecule has 0 radical (unpaired) electrons. The molecule has 3 N–H and O–H groups in total. The second-order valence-electron chi connectivity index (χ2n) is 4.42. The highest BCUT2D eigenvalue weighted by molar-refractivity contribution is 5.82. The van der Waals surface area contributed by atoms with E-state index in [1.165, 1.54) is 0 Å². The fourth-order valence-electron chi connectivity index (χ4n) is 0.666. The Hall–Kier alpha value is -2.12. The van der Waals surface area contributed by atoms with Crippen molar-refractivity contribution in [1.29, 1.82) is 0 Å². The van der Waals surface area contributed by atoms with Gasteiger partial charge >= 0.3 is 17.9 Å². The molecule has 0 spiro atoms. The van der Waals surface area contributed by atoms with Crippen LogP contribution in [0.4, 0.5) is 0 Å². The minimum atomic E-state index is -1.13. The normalized spacial score (nSPS) is 9.05. The van der Waals surface area contributed by atoms with E-state index < -0.39 is 24.5 Å². The highest BCUT2D eigenvalue weighted by atomic mass is 16.5. The zero-order chi connectivity index (χ0) is 16.3. The second kappa shape index (κ2) is 12.9. The van der Waals surface area contributed by atoms with Gasteiger partial charge in [0.25, 0.3) is 0 Å². The number of carboxylic acids is 2. The van der Waals surface area contributed by atoms with Gasteiger partial charge in [0.1, 0.15) is 6.54 Å². The lowest BCUT2D eigenvalue weighted by Crippen LogP contribution is -2.32. The van der Waals surface area contributed by atoms with Crippen molar-refractivity contribution in [3.05, 3.63) is 0 Å². The van der Waals surface area contributed by atoms with Gasteiger partial charge in [0, 0.05) is 5.92 Å². The number of esters is 1. The highest BCUT2D eigenvalue weighted by Crippen LogP contribution is 1.94. The van der Waals surface area contributed by atoms with E-state index in [0.29, 0.717) is 0 Å². The van der Waals surface area contributed by atoms with E-state index in [4.69, 9.17) is 10.2 Å². The van der Waals surface area contributed by atoms with E-state index in [0.717, 1.165) is 0 Å². The van der Waals surface area contributed by atoms with E-state index in [1.807, 2.05) is 0 Å². The van der Waals surface area contributed by atoms with Crippen molar-refractivity contribution in [3.8, 4) is 0 Å². The fraction of sp³-hybridized carbons (Fsp3) is 0.692. The summed E-state index contributed by atoms with van der Waals surface area (Å²) >= 11 is 0. The summed E-state index contributed by atoms with van der Waals surface area (Å²) in [6.45, 7) is 5.86. The summed E-state index contributed by atoms with van der Waals surface area (Å²) in [6.07, 6.45) is 0. The predicted molar refractivity (Wildman–Crippen MR) is 75.6 cm³/mol. The molecular weight excluding hydrogens is 282 g/mol. The van der Waals surface area contributed by atoms with Crippen molar-refractivity contribution in [2.75, 3.05) is 13.2 Å². The first-order chi connectivity index (χ1) is 9.07. The van der Waals surface area contributed by atoms with Gasteiger partial charge in [0.2, 0.25) is 5.91 Å². The minimum Gasteiger partial charge on any atom is -0.480 e. The van der Waals surface area contributed by atoms with Gasteiger partial charge in [-0.05, 0) is 0 Å². The molecule has 0 bridgehead atoms. The quantitative estimate of drug-likeness (QED) is 0.617. The average Bonchev–Trinajstić information content (AvgIpc) is 2.33. The maximum atomic E-state index is 10.7. The van der Waals surface area contributed by atoms with Crippen LogP contribution in [-0.2, 0) is 23.9 Å². The molecule has 0 aliphatic carbocycles. The Balaban J connectivity index is -0.000000295. The van der Waals surface area contributed by atoms with Gasteiger partial charge < -0.3 is 20.3 Å². The third-order valence-electron chi connectivity index (χ3n) is 1.75. The lowest BCUT2D eigenvalue weighted by molar-refractivity contribution is -0.157. The van der Waals surface area contributed by atoms with E-state index in [2.05, 4.69) is 10.1 Å². The highest BCUT2D eigenvalue weighted by Gasteiger charge is 2.09. The number of hydrogen-bond donors (Lipinski definition) is 3. The summed E-state index contributed by atoms with van der Waals surface area (Å²) in [5, 5.41) is 18.4. The largest absolute Gasteiger partial charge is 0.480 e. The van der Waals surface area contributed by atoms with Crippen molar-refractivity contribution in [3.63, 3.8) is 0 Å². The number of rotatable bonds is 6. The maximum Gasteiger partial charge on any atom is 0.341 e. The summed E-state index contributed by atoms with van der Waals surface area (Å²) in [6, 6.07) is 0. The van der Waals surface area contributed by atoms with Crippen LogP contribution in [0.3, 0.4) is 0 Å². The predicted octanol–water partition coefficient (Wildman–Crippen LogP) is 0.750. The van der Waals surface area contributed by atoms with Gasteiger partial charge in [-0.2, -0.15) is 0 Å². The van der Waals surface area contributed by atoms with Gasteiger partial charge in [-0.25, -0.2) is 4.79 Å². The standard InChI is InChI=1S/C6H11NO3.C6H10O4.CH4/c1-4(2)6(10)7-3-5(8)9;1-4(2)6(9)10-3-5(7)8;/h4H,3H2,1-2H3,(H,7,10)(H,8,9);4H,3H2,1-2H3,(H,7,8);1H4. The number of ether oxygens (including phenoxy) is 1. The molecule has 0 heterocycles. The number of hydrogen-bond acceptors (Lipinski definition) is 5. The molecule has 1 amide bonds. The first kappa shape index (κ1) is 23.9. The lowest BCUT2D eigenvalue weighted by Gasteiger charge is -2.03. The van der Waals surface area contributed by atoms with Crippen LogP contribution < -0.4 is 5.32 Å². The molecule has 0 fully saturated rings. The number of carbonyl (C=O) groups is 4. The summed E-state index contributed by atoms with van der Waals surface area (Å²) in [5.41, 5.74) is 0. The monoisotopic (exact) mass is 307 g/mol. The number of carboxylic acid groups (broad SMARTS) is 2. The van der Waals surface area contributed by atoms with Crippen LogP contribution in [0.2, 0.25) is 0 Å². The van der Waals surface area contributed by atoms with Crippen LogP contribution in [0.25, 0.3) is 0 Å². The van der Waals surface area contributed by atoms with Crippen LogP contribution in [0.15, 0.2) is 0 Å². The van der Waals surface area contributed by atoms with Gasteiger partial charge in [0.05, 0.1) is 5.92 Å². The molecule has 8 nitrogen and oxygen atoms in total. The minimum absolute atomic E-state index is 0. The van der Waals surface area contributed by atoms with E-state index in [-0.39, 0.29) is 31.7 Å². The van der Waals surface area contributed by atoms with Crippen LogP contribution >= 0.6 is 0 Å². The summed E-state index contributed by atoms with van der Waals surface area (Å²) in [5.74, 6) is -3.29. The Kier molecular flexibility index (Phi) is 14.7. The van der Waals surface area contributed by atoms with Crippen molar-refractivity contribution in [2.24, 2.45) is 11.8 Å². The topological polar surface area (TPSA) is 130 Å². The van der Waals surface area contributed by atoms with Gasteiger partial charge in [-0.1, -0.05) is 35.1 Å². The van der Waals surface area contributed by atoms with Crippen molar-refractivity contribution >= 4 is 23.8 Å². The van der Waals surface area contributed by atoms with Gasteiger partial charge in [-0.15, -0.1) is 0 Å². The Morgan fingerprint density at radius 1 is 0.952 bits per heavy atom. The first-order valence-electron chi connectivity index (χ1n) is 5.95. The van der Waals surface area contributed by atoms with Gasteiger partial charge in [0.15, 0.2) is 6.61 Å². The third-order valence-corrected chi connectivity index (χ3v) is 1.75. The number of amides is 1. The Morgan fingerprint density at radius 3 is 1.71 bits per heavy atom. The molecule has 0 aromatic carbocycles. The second-order valence-corrected chi connectivity index (χ2v) is 4.42. The van der Waals surface area contributed by atoms with E-state index >= 15 is 0 Å². The SMILES string of the molecule is C.CC(C)C(=O)NCC(=O)O.CC(C)C(=O)OCC(=O)O. The van der Waals surface area contributed by atoms with Crippen molar-refractivity contribution < 1.29 is 34.1 Å². The molecule has 0 unspecified atom stereocenters. The molecular formula is C13H25NO7. The molecule has 21 heavy (non-hydrogen) atoms. The number of carbonyl (C=O) groups excluding carboxylic acids is 2. The fourth-order valence-corrected chi connectivity index (χ4v) is 0.666. The first-order valence-corrected chi connectivity index (χ1v) is 5.95. The van der Waals surface area contributed by atoms with E-state index in [9.17, 15) is 19.2 Å². The Bertz CT molecular complexity index is 316. The number of nitrogens with one attached hydrogen (secondary N) is 1. The molecule has 0 saturated heterocycles. The molecule has 0 saturated carbocycles. The van der Waals surface area contributed by atoms with Crippen LogP contribution in [0, 0.1) is 11.8 Å². The zero-order valence-electron chi connectivity index (χ0n) is 12.0. The molecule has 0 aliphatic rings. The molecule has 0 aromatic rings. The lowest BCUT2D eigenvalue weighted by atomic mass is 10.2. The summed E-state index contributed by atoms with van der Waals surface area (Å²) in [7, 11) is 0. The summed E-state index contributed by atoms with van der Waals surface area (Å²) in [4.78, 5) is 41.0. The molecule has 0 aliphatic heterocycles. The Morgan fingerprint density at radius 2 is 1.43 bits per heavy atom. The maximum absolute atomic E-state index is 10.7. The van der Waals surface area contributed by atoms with Crippen molar-refractivity contribution in [2.45, 2.75) is 35.1 Å². The van der Waals surface area contributed by atoms with Crippen LogP contribution in [-0.4, -0.2) is 47.2 Å². The molecule has 0 rings (SSSR count). The van der Waals surface area contributed by atoms with Crippen molar-refractivity contribution in [1.82, 2.24) is 5.32 Å². The van der Waals surface area contributed by atoms with Gasteiger partial charge in [-0.3, -0.25) is 14.4 Å². The Labute approximate surface area is 124 Å². The zero-order valence-corrected chi connectivity index (χ0v) is 12.0. The average molecular weight is 307 g/mol. The summed E-state index contributed by atoms with van der Waals surface area (Å²) < 4.78 is 4.33. The van der Waals surface area contributed by atoms with E-state index in [1.54, 1.807) is 27.7 Å². The molecule has 124 valence electrons. The molecule has 0 atom stereocenters. The number of aliphatic carboxylic acids is 2. The molecule has 8 heteroatoms. The molecule has 0 aromatic heterocycles. The third kappa shape index (κ3) is 17.9.